The minimum absolute atomic E-state index is 0.556. The van der Waals surface area contributed by atoms with Crippen LogP contribution in [0.3, 0.4) is 0 Å². The first kappa shape index (κ1) is 36.2. The molecule has 13 rings (SSSR count). The number of anilines is 3. The largest absolute Gasteiger partial charge is 0.310 e. The summed E-state index contributed by atoms with van der Waals surface area (Å²) in [5.41, 5.74) is 18.3. The van der Waals surface area contributed by atoms with Crippen molar-refractivity contribution in [3.05, 3.63) is 253 Å². The van der Waals surface area contributed by atoms with Crippen LogP contribution in [0.15, 0.2) is 231 Å². The van der Waals surface area contributed by atoms with E-state index < -0.39 is 5.41 Å². The SMILES string of the molecule is c1ccc(-c2cc(-c3ccc(-c4nc5ccccc5c5cc6c(cc45)N(c4ccccc4)c4ccccc4C64c5ccccc5-c5ccccc54)cc3)nc(-c3ccccc3)n2)cc1. The lowest BCUT2D eigenvalue weighted by Crippen LogP contribution is -2.36. The molecular formula is C60H38N4. The number of nitrogens with zero attached hydrogens (tertiary/aromatic N) is 4. The zero-order valence-corrected chi connectivity index (χ0v) is 34.7. The normalized spacial score (nSPS) is 13.1. The van der Waals surface area contributed by atoms with Crippen molar-refractivity contribution in [2.24, 2.45) is 0 Å². The van der Waals surface area contributed by atoms with E-state index in [2.05, 4.69) is 211 Å². The Morgan fingerprint density at radius 3 is 1.55 bits per heavy atom. The summed E-state index contributed by atoms with van der Waals surface area (Å²) >= 11 is 0. The molecule has 0 saturated carbocycles. The molecule has 1 aliphatic carbocycles. The Hall–Kier alpha value is -8.47. The summed E-state index contributed by atoms with van der Waals surface area (Å²) in [5, 5.41) is 3.40. The number of hydrogen-bond acceptors (Lipinski definition) is 4. The first-order valence-electron chi connectivity index (χ1n) is 21.9. The third-order valence-corrected chi connectivity index (χ3v) is 13.3. The maximum absolute atomic E-state index is 5.49. The Labute approximate surface area is 371 Å². The third kappa shape index (κ3) is 5.39. The topological polar surface area (TPSA) is 41.9 Å². The number of hydrogen-bond donors (Lipinski definition) is 0. The highest BCUT2D eigenvalue weighted by atomic mass is 15.2. The number of fused-ring (bicyclic) bond motifs is 12. The molecule has 0 unspecified atom stereocenters. The van der Waals surface area contributed by atoms with Gasteiger partial charge in [0.2, 0.25) is 0 Å². The van der Waals surface area contributed by atoms with Crippen LogP contribution in [0.4, 0.5) is 17.1 Å². The molecule has 64 heavy (non-hydrogen) atoms. The Morgan fingerprint density at radius 1 is 0.328 bits per heavy atom. The number of pyridine rings is 1. The van der Waals surface area contributed by atoms with Crippen molar-refractivity contribution in [3.63, 3.8) is 0 Å². The lowest BCUT2D eigenvalue weighted by Gasteiger charge is -2.45. The molecule has 0 atom stereocenters. The van der Waals surface area contributed by atoms with E-state index in [9.17, 15) is 0 Å². The van der Waals surface area contributed by atoms with Gasteiger partial charge in [0.15, 0.2) is 5.82 Å². The van der Waals surface area contributed by atoms with Gasteiger partial charge in [0, 0.05) is 38.7 Å². The molecule has 0 amide bonds. The molecular weight excluding hydrogens is 777 g/mol. The molecule has 1 aliphatic heterocycles. The van der Waals surface area contributed by atoms with Gasteiger partial charge in [-0.25, -0.2) is 15.0 Å². The number of benzene rings is 9. The van der Waals surface area contributed by atoms with Crippen LogP contribution in [-0.2, 0) is 5.41 Å². The summed E-state index contributed by atoms with van der Waals surface area (Å²) in [6.45, 7) is 0. The van der Waals surface area contributed by atoms with E-state index in [1.165, 1.54) is 44.5 Å². The van der Waals surface area contributed by atoms with Crippen LogP contribution in [-0.4, -0.2) is 15.0 Å². The van der Waals surface area contributed by atoms with Gasteiger partial charge in [-0.15, -0.1) is 0 Å². The lowest BCUT2D eigenvalue weighted by molar-refractivity contribution is 0.754. The van der Waals surface area contributed by atoms with Gasteiger partial charge in [0.25, 0.3) is 0 Å². The molecule has 298 valence electrons. The van der Waals surface area contributed by atoms with Crippen LogP contribution in [0.25, 0.3) is 78.0 Å². The molecule has 0 bridgehead atoms. The number of para-hydroxylation sites is 3. The second-order valence-electron chi connectivity index (χ2n) is 16.7. The van der Waals surface area contributed by atoms with Gasteiger partial charge < -0.3 is 4.90 Å². The van der Waals surface area contributed by atoms with Gasteiger partial charge in [0.1, 0.15) is 0 Å². The Bertz CT molecular complexity index is 3500. The quantitative estimate of drug-likeness (QED) is 0.162. The minimum Gasteiger partial charge on any atom is -0.310 e. The zero-order chi connectivity index (χ0) is 42.2. The molecule has 0 saturated heterocycles. The third-order valence-electron chi connectivity index (χ3n) is 13.3. The van der Waals surface area contributed by atoms with Crippen LogP contribution in [0.1, 0.15) is 22.3 Å². The van der Waals surface area contributed by atoms with Crippen molar-refractivity contribution in [2.45, 2.75) is 5.41 Å². The van der Waals surface area contributed by atoms with Crippen LogP contribution in [0, 0.1) is 0 Å². The fourth-order valence-electron chi connectivity index (χ4n) is 10.5. The number of rotatable bonds is 5. The molecule has 9 aromatic carbocycles. The summed E-state index contributed by atoms with van der Waals surface area (Å²) < 4.78 is 0. The molecule has 11 aromatic rings. The van der Waals surface area contributed by atoms with Gasteiger partial charge in [0.05, 0.1) is 39.4 Å². The minimum atomic E-state index is -0.556. The summed E-state index contributed by atoms with van der Waals surface area (Å²) in [7, 11) is 0. The van der Waals surface area contributed by atoms with Crippen LogP contribution in [0.2, 0.25) is 0 Å². The summed E-state index contributed by atoms with van der Waals surface area (Å²) in [4.78, 5) is 18.1. The molecule has 0 N–H and O–H groups in total. The van der Waals surface area contributed by atoms with E-state index in [-0.39, 0.29) is 0 Å². The van der Waals surface area contributed by atoms with Crippen molar-refractivity contribution in [3.8, 4) is 56.3 Å². The molecule has 1 spiro atoms. The van der Waals surface area contributed by atoms with Gasteiger partial charge in [-0.05, 0) is 81.2 Å². The van der Waals surface area contributed by atoms with E-state index in [4.69, 9.17) is 15.0 Å². The van der Waals surface area contributed by atoms with Crippen molar-refractivity contribution in [2.75, 3.05) is 4.90 Å². The summed E-state index contributed by atoms with van der Waals surface area (Å²) in [6.07, 6.45) is 0. The first-order chi connectivity index (χ1) is 31.7. The molecule has 0 fully saturated rings. The maximum atomic E-state index is 5.49. The summed E-state index contributed by atoms with van der Waals surface area (Å²) in [5.74, 6) is 0.697. The highest BCUT2D eigenvalue weighted by Crippen LogP contribution is 2.64. The average Bonchev–Trinajstić information content (AvgIpc) is 3.67. The van der Waals surface area contributed by atoms with Crippen LogP contribution in [0.5, 0.6) is 0 Å². The van der Waals surface area contributed by atoms with E-state index in [0.29, 0.717) is 5.82 Å². The molecule has 3 heterocycles. The van der Waals surface area contributed by atoms with E-state index >= 15 is 0 Å². The molecule has 4 nitrogen and oxygen atoms in total. The smallest absolute Gasteiger partial charge is 0.160 e. The van der Waals surface area contributed by atoms with Crippen molar-refractivity contribution in [1.82, 2.24) is 15.0 Å². The summed E-state index contributed by atoms with van der Waals surface area (Å²) in [6, 6.07) is 82.8. The zero-order valence-electron chi connectivity index (χ0n) is 34.7. The second kappa shape index (κ2) is 14.3. The fourth-order valence-corrected chi connectivity index (χ4v) is 10.5. The Balaban J connectivity index is 1.06. The van der Waals surface area contributed by atoms with Crippen molar-refractivity contribution >= 4 is 38.7 Å². The highest BCUT2D eigenvalue weighted by molar-refractivity contribution is 6.14. The van der Waals surface area contributed by atoms with Gasteiger partial charge in [-0.1, -0.05) is 188 Å². The van der Waals surface area contributed by atoms with Crippen LogP contribution < -0.4 is 4.90 Å². The Morgan fingerprint density at radius 2 is 0.859 bits per heavy atom. The molecule has 4 heteroatoms. The van der Waals surface area contributed by atoms with Gasteiger partial charge >= 0.3 is 0 Å². The first-order valence-corrected chi connectivity index (χ1v) is 21.9. The number of aromatic nitrogens is 3. The van der Waals surface area contributed by atoms with Crippen molar-refractivity contribution < 1.29 is 0 Å². The maximum Gasteiger partial charge on any atom is 0.160 e. The molecule has 2 aromatic heterocycles. The van der Waals surface area contributed by atoms with Crippen LogP contribution >= 0.6 is 0 Å². The lowest BCUT2D eigenvalue weighted by atomic mass is 9.64. The monoisotopic (exact) mass is 814 g/mol. The van der Waals surface area contributed by atoms with Gasteiger partial charge in [-0.2, -0.15) is 0 Å². The van der Waals surface area contributed by atoms with E-state index in [0.717, 1.165) is 67.0 Å². The highest BCUT2D eigenvalue weighted by Gasteiger charge is 2.51. The standard InChI is InChI=1S/C60H38N4/c1-4-18-39(19-5-1)54-38-55(63-59(62-54)42-20-6-2-7-21-42)40-32-34-41(35-33-40)58-48-37-57-52(36-47(48)46-26-12-16-30-53(46)61-58)60(49-27-13-10-24-44(49)45-25-11-14-28-50(45)60)51-29-15-17-31-56(51)64(57)43-22-8-3-9-23-43/h1-38H. The Kier molecular flexibility index (Phi) is 8.09. The second-order valence-corrected chi connectivity index (χ2v) is 16.7. The fraction of sp³-hybridized carbons (Fsp3) is 0.0167. The average molecular weight is 815 g/mol. The van der Waals surface area contributed by atoms with Crippen molar-refractivity contribution in [1.29, 1.82) is 0 Å². The predicted octanol–water partition coefficient (Wildman–Crippen LogP) is 15.0. The predicted molar refractivity (Wildman–Crippen MR) is 262 cm³/mol. The molecule has 0 radical (unpaired) electrons. The van der Waals surface area contributed by atoms with Gasteiger partial charge in [-0.3, -0.25) is 0 Å². The molecule has 2 aliphatic rings. The van der Waals surface area contributed by atoms with E-state index in [1.54, 1.807) is 0 Å². The van der Waals surface area contributed by atoms with E-state index in [1.807, 2.05) is 24.3 Å².